The van der Waals surface area contributed by atoms with Gasteiger partial charge in [0.2, 0.25) is 0 Å². The van der Waals surface area contributed by atoms with Crippen LogP contribution in [0.4, 0.5) is 5.69 Å². The maximum absolute atomic E-state index is 11.6. The van der Waals surface area contributed by atoms with E-state index in [1.165, 1.54) is 0 Å². The molecule has 0 amide bonds. The van der Waals surface area contributed by atoms with Gasteiger partial charge in [0, 0.05) is 30.7 Å². The topological polar surface area (TPSA) is 32.7 Å². The van der Waals surface area contributed by atoms with E-state index >= 15 is 0 Å². The summed E-state index contributed by atoms with van der Waals surface area (Å²) in [6.07, 6.45) is 3.48. The third-order valence-corrected chi connectivity index (χ3v) is 2.92. The molecule has 0 bridgehead atoms. The number of aliphatic imine (C=N–C) groups is 1. The first-order chi connectivity index (χ1) is 8.99. The monoisotopic (exact) mass is 256 g/mol. The van der Waals surface area contributed by atoms with Crippen molar-refractivity contribution in [3.8, 4) is 0 Å². The van der Waals surface area contributed by atoms with Crippen LogP contribution >= 0.6 is 0 Å². The SMILES string of the molecule is C=C(/C(C)=C\N=CC)N(C)c1ccccc1C(C)=O. The molecule has 0 aliphatic heterocycles. The Labute approximate surface area is 115 Å². The molecule has 0 saturated heterocycles. The number of hydrogen-bond acceptors (Lipinski definition) is 3. The Balaban J connectivity index is 3.10. The largest absolute Gasteiger partial charge is 0.344 e. The summed E-state index contributed by atoms with van der Waals surface area (Å²) in [5, 5.41) is 0. The van der Waals surface area contributed by atoms with Gasteiger partial charge in [-0.2, -0.15) is 0 Å². The van der Waals surface area contributed by atoms with Crippen LogP contribution in [0.2, 0.25) is 0 Å². The Hall–Kier alpha value is -2.16. The van der Waals surface area contributed by atoms with E-state index in [-0.39, 0.29) is 5.78 Å². The standard InChI is InChI=1S/C16H20N2O/c1-6-17-11-12(2)13(3)18(5)16-10-8-7-9-15(16)14(4)19/h6-11H,3H2,1-2,4-5H3/b12-11-,17-6?. The number of carbonyl (C=O) groups excluding carboxylic acids is 1. The van der Waals surface area contributed by atoms with Gasteiger partial charge in [-0.1, -0.05) is 18.7 Å². The Bertz CT molecular complexity index is 541. The Kier molecular flexibility index (Phi) is 5.24. The highest BCUT2D eigenvalue weighted by Crippen LogP contribution is 2.25. The Morgan fingerprint density at radius 2 is 1.95 bits per heavy atom. The summed E-state index contributed by atoms with van der Waals surface area (Å²) in [6.45, 7) is 9.43. The van der Waals surface area contributed by atoms with Crippen molar-refractivity contribution in [3.05, 3.63) is 53.9 Å². The van der Waals surface area contributed by atoms with Crippen LogP contribution < -0.4 is 4.90 Å². The summed E-state index contributed by atoms with van der Waals surface area (Å²) in [5.41, 5.74) is 3.32. The smallest absolute Gasteiger partial charge is 0.161 e. The van der Waals surface area contributed by atoms with E-state index in [0.29, 0.717) is 5.56 Å². The second-order valence-corrected chi connectivity index (χ2v) is 4.30. The number of nitrogens with zero attached hydrogens (tertiary/aromatic N) is 2. The minimum absolute atomic E-state index is 0.0449. The van der Waals surface area contributed by atoms with Gasteiger partial charge in [-0.25, -0.2) is 0 Å². The molecule has 1 aromatic carbocycles. The fourth-order valence-corrected chi connectivity index (χ4v) is 1.73. The molecule has 0 aliphatic carbocycles. The maximum atomic E-state index is 11.6. The van der Waals surface area contributed by atoms with Gasteiger partial charge >= 0.3 is 0 Å². The lowest BCUT2D eigenvalue weighted by molar-refractivity contribution is 0.101. The number of carbonyl (C=O) groups is 1. The molecule has 100 valence electrons. The van der Waals surface area contributed by atoms with Crippen molar-refractivity contribution < 1.29 is 4.79 Å². The molecule has 1 rings (SSSR count). The number of Topliss-reactive ketones (excluding diaryl/α,β-unsaturated/α-hetero) is 1. The lowest BCUT2D eigenvalue weighted by Crippen LogP contribution is -2.18. The van der Waals surface area contributed by atoms with Crippen LogP contribution in [0.25, 0.3) is 0 Å². The molecule has 1 aromatic rings. The van der Waals surface area contributed by atoms with Gasteiger partial charge in [-0.05, 0) is 38.5 Å². The molecular weight excluding hydrogens is 236 g/mol. The van der Waals surface area contributed by atoms with E-state index in [1.54, 1.807) is 19.3 Å². The van der Waals surface area contributed by atoms with Crippen molar-refractivity contribution in [2.24, 2.45) is 4.99 Å². The highest BCUT2D eigenvalue weighted by Gasteiger charge is 2.13. The molecule has 0 aromatic heterocycles. The average Bonchev–Trinajstić information content (AvgIpc) is 2.42. The van der Waals surface area contributed by atoms with Crippen molar-refractivity contribution in [1.29, 1.82) is 0 Å². The van der Waals surface area contributed by atoms with Crippen LogP contribution in [0.5, 0.6) is 0 Å². The summed E-state index contributed by atoms with van der Waals surface area (Å²) in [5.74, 6) is 0.0449. The predicted octanol–water partition coefficient (Wildman–Crippen LogP) is 3.83. The molecular formula is C16H20N2O. The summed E-state index contributed by atoms with van der Waals surface area (Å²) < 4.78 is 0. The lowest BCUT2D eigenvalue weighted by atomic mass is 10.1. The number of anilines is 1. The quantitative estimate of drug-likeness (QED) is 0.455. The maximum Gasteiger partial charge on any atom is 0.161 e. The van der Waals surface area contributed by atoms with E-state index in [9.17, 15) is 4.79 Å². The zero-order chi connectivity index (χ0) is 14.4. The minimum atomic E-state index is 0.0449. The molecule has 0 unspecified atom stereocenters. The zero-order valence-corrected chi connectivity index (χ0v) is 12.0. The van der Waals surface area contributed by atoms with Gasteiger partial charge in [0.1, 0.15) is 0 Å². The number of rotatable bonds is 5. The number of hydrogen-bond donors (Lipinski definition) is 0. The molecule has 0 saturated carbocycles. The second kappa shape index (κ2) is 6.69. The summed E-state index contributed by atoms with van der Waals surface area (Å²) in [7, 11) is 1.90. The van der Waals surface area contributed by atoms with Gasteiger partial charge in [0.05, 0.1) is 5.69 Å². The van der Waals surface area contributed by atoms with Gasteiger partial charge < -0.3 is 4.90 Å². The van der Waals surface area contributed by atoms with E-state index in [1.807, 2.05) is 50.1 Å². The first kappa shape index (κ1) is 14.9. The molecule has 19 heavy (non-hydrogen) atoms. The third-order valence-electron chi connectivity index (χ3n) is 2.92. The molecule has 0 N–H and O–H groups in total. The van der Waals surface area contributed by atoms with E-state index in [4.69, 9.17) is 0 Å². The molecule has 0 aliphatic rings. The molecule has 3 nitrogen and oxygen atoms in total. The van der Waals surface area contributed by atoms with Crippen LogP contribution in [0.15, 0.2) is 53.3 Å². The van der Waals surface area contributed by atoms with Crippen LogP contribution in [0, 0.1) is 0 Å². The fourth-order valence-electron chi connectivity index (χ4n) is 1.73. The zero-order valence-electron chi connectivity index (χ0n) is 12.0. The molecule has 3 heteroatoms. The number of para-hydroxylation sites is 1. The fraction of sp³-hybridized carbons (Fsp3) is 0.250. The van der Waals surface area contributed by atoms with Crippen LogP contribution in [-0.4, -0.2) is 19.0 Å². The average molecular weight is 256 g/mol. The van der Waals surface area contributed by atoms with Crippen molar-refractivity contribution in [2.75, 3.05) is 11.9 Å². The molecule has 0 heterocycles. The number of likely N-dealkylation sites (N-methyl/N-ethyl adjacent to an activating group) is 1. The Morgan fingerprint density at radius 3 is 2.53 bits per heavy atom. The third kappa shape index (κ3) is 3.65. The Morgan fingerprint density at radius 1 is 1.32 bits per heavy atom. The van der Waals surface area contributed by atoms with Gasteiger partial charge in [-0.3, -0.25) is 9.79 Å². The van der Waals surface area contributed by atoms with Crippen LogP contribution in [-0.2, 0) is 0 Å². The lowest BCUT2D eigenvalue weighted by Gasteiger charge is -2.24. The minimum Gasteiger partial charge on any atom is -0.344 e. The molecule has 0 spiro atoms. The van der Waals surface area contributed by atoms with Crippen molar-refractivity contribution in [2.45, 2.75) is 20.8 Å². The first-order valence-electron chi connectivity index (χ1n) is 6.16. The highest BCUT2D eigenvalue weighted by molar-refractivity contribution is 6.00. The summed E-state index contributed by atoms with van der Waals surface area (Å²) >= 11 is 0. The summed E-state index contributed by atoms with van der Waals surface area (Å²) in [4.78, 5) is 17.6. The summed E-state index contributed by atoms with van der Waals surface area (Å²) in [6, 6.07) is 7.51. The molecule has 0 radical (unpaired) electrons. The highest BCUT2D eigenvalue weighted by atomic mass is 16.1. The number of benzene rings is 1. The molecule has 0 atom stereocenters. The van der Waals surface area contributed by atoms with Crippen LogP contribution in [0.1, 0.15) is 31.1 Å². The van der Waals surface area contributed by atoms with Crippen molar-refractivity contribution in [3.63, 3.8) is 0 Å². The predicted molar refractivity (Wildman–Crippen MR) is 81.9 cm³/mol. The van der Waals surface area contributed by atoms with Gasteiger partial charge in [0.15, 0.2) is 5.78 Å². The van der Waals surface area contributed by atoms with Crippen molar-refractivity contribution >= 4 is 17.7 Å². The first-order valence-corrected chi connectivity index (χ1v) is 6.16. The van der Waals surface area contributed by atoms with E-state index < -0.39 is 0 Å². The number of ketones is 1. The van der Waals surface area contributed by atoms with Gasteiger partial charge in [0.25, 0.3) is 0 Å². The number of allylic oxidation sites excluding steroid dienone is 1. The van der Waals surface area contributed by atoms with E-state index in [0.717, 1.165) is 17.0 Å². The van der Waals surface area contributed by atoms with E-state index in [2.05, 4.69) is 11.6 Å². The molecule has 0 fully saturated rings. The van der Waals surface area contributed by atoms with Crippen molar-refractivity contribution in [1.82, 2.24) is 0 Å². The normalized spacial score (nSPS) is 11.7. The second-order valence-electron chi connectivity index (χ2n) is 4.30. The van der Waals surface area contributed by atoms with Crippen LogP contribution in [0.3, 0.4) is 0 Å². The van der Waals surface area contributed by atoms with Gasteiger partial charge in [-0.15, -0.1) is 0 Å².